The van der Waals surface area contributed by atoms with E-state index in [9.17, 15) is 0 Å². The second kappa shape index (κ2) is 10.3. The Morgan fingerprint density at radius 2 is 1.45 bits per heavy atom. The van der Waals surface area contributed by atoms with Crippen molar-refractivity contribution in [2.75, 3.05) is 7.11 Å². The maximum absolute atomic E-state index is 6.55. The summed E-state index contributed by atoms with van der Waals surface area (Å²) in [5.74, 6) is 0.995. The van der Waals surface area contributed by atoms with Crippen molar-refractivity contribution in [2.45, 2.75) is 44.7 Å². The predicted octanol–water partition coefficient (Wildman–Crippen LogP) is 7.72. The molecule has 3 aromatic rings. The molecule has 0 radical (unpaired) electrons. The van der Waals surface area contributed by atoms with Crippen LogP contribution < -0.4 is 4.74 Å². The Labute approximate surface area is 182 Å². The number of hydrogen-bond donors (Lipinski definition) is 0. The fraction of sp³-hybridized carbons (Fsp3) is 0.308. The van der Waals surface area contributed by atoms with Gasteiger partial charge in [0.1, 0.15) is 5.75 Å². The van der Waals surface area contributed by atoms with Crippen molar-refractivity contribution in [1.82, 2.24) is 0 Å². The van der Waals surface area contributed by atoms with Crippen LogP contribution in [0.5, 0.6) is 5.75 Å². The molecular formula is C26H30ClOP. The molecule has 0 heterocycles. The molecule has 1 nitrogen and oxygen atoms in total. The first kappa shape index (κ1) is 21.9. The molecule has 152 valence electrons. The van der Waals surface area contributed by atoms with E-state index in [1.165, 1.54) is 27.8 Å². The molecule has 0 N–H and O–H groups in total. The standard InChI is InChI=1S/C26H30ClOP/c1-4-15-26(2,29-27)24-19-22(16-20-11-7-5-8-12-20)18-23(25(24)28-3)17-21-13-9-6-10-14-21/h5-14,18-19,29H,4,15-17H2,1-3H3. The molecular weight excluding hydrogens is 395 g/mol. The first-order chi connectivity index (χ1) is 14.1. The Kier molecular flexibility index (Phi) is 7.76. The largest absolute Gasteiger partial charge is 0.496 e. The van der Waals surface area contributed by atoms with E-state index in [2.05, 4.69) is 86.6 Å². The van der Waals surface area contributed by atoms with Crippen LogP contribution in [-0.4, -0.2) is 7.11 Å². The summed E-state index contributed by atoms with van der Waals surface area (Å²) in [6.45, 7) is 4.50. The zero-order chi connectivity index (χ0) is 20.7. The predicted molar refractivity (Wildman–Crippen MR) is 128 cm³/mol. The molecule has 0 bridgehead atoms. The number of hydrogen-bond acceptors (Lipinski definition) is 1. The Morgan fingerprint density at radius 3 is 1.97 bits per heavy atom. The fourth-order valence-corrected chi connectivity index (χ4v) is 5.24. The Balaban J connectivity index is 2.11. The molecule has 0 amide bonds. The van der Waals surface area contributed by atoms with Crippen molar-refractivity contribution in [1.29, 1.82) is 0 Å². The van der Waals surface area contributed by atoms with Gasteiger partial charge >= 0.3 is 0 Å². The van der Waals surface area contributed by atoms with Gasteiger partial charge in [-0.1, -0.05) is 104 Å². The van der Waals surface area contributed by atoms with Gasteiger partial charge in [0.2, 0.25) is 0 Å². The highest BCUT2D eigenvalue weighted by Crippen LogP contribution is 2.52. The summed E-state index contributed by atoms with van der Waals surface area (Å²) in [6.07, 6.45) is 3.90. The third kappa shape index (κ3) is 5.41. The lowest BCUT2D eigenvalue weighted by Gasteiger charge is -2.31. The minimum absolute atomic E-state index is 0.0835. The van der Waals surface area contributed by atoms with Crippen LogP contribution in [-0.2, 0) is 18.0 Å². The van der Waals surface area contributed by atoms with Crippen LogP contribution in [0.3, 0.4) is 0 Å². The minimum atomic E-state index is -0.0835. The lowest BCUT2D eigenvalue weighted by Crippen LogP contribution is -2.17. The molecule has 0 aromatic heterocycles. The number of ether oxygens (including phenoxy) is 1. The summed E-state index contributed by atoms with van der Waals surface area (Å²) in [4.78, 5) is 0. The highest BCUT2D eigenvalue weighted by Gasteiger charge is 2.30. The van der Waals surface area contributed by atoms with Gasteiger partial charge in [0.05, 0.1) is 7.11 Å². The van der Waals surface area contributed by atoms with Crippen molar-refractivity contribution < 1.29 is 4.74 Å². The molecule has 2 atom stereocenters. The molecule has 0 aliphatic carbocycles. The number of halogens is 1. The molecule has 0 fully saturated rings. The van der Waals surface area contributed by atoms with Crippen LogP contribution in [0.15, 0.2) is 72.8 Å². The van der Waals surface area contributed by atoms with Crippen LogP contribution in [0, 0.1) is 0 Å². The highest BCUT2D eigenvalue weighted by atomic mass is 35.7. The van der Waals surface area contributed by atoms with Gasteiger partial charge < -0.3 is 4.74 Å². The van der Waals surface area contributed by atoms with E-state index in [1.807, 2.05) is 0 Å². The SMILES string of the molecule is CCCC(C)(PCl)c1cc(Cc2ccccc2)cc(Cc2ccccc2)c1OC. The third-order valence-electron chi connectivity index (χ3n) is 5.47. The zero-order valence-corrected chi connectivity index (χ0v) is 19.3. The summed E-state index contributed by atoms with van der Waals surface area (Å²) in [7, 11) is 2.09. The molecule has 3 rings (SSSR count). The average molecular weight is 425 g/mol. The van der Waals surface area contributed by atoms with Crippen LogP contribution in [0.2, 0.25) is 0 Å². The van der Waals surface area contributed by atoms with Gasteiger partial charge in [-0.2, -0.15) is 0 Å². The van der Waals surface area contributed by atoms with E-state index in [0.717, 1.165) is 31.4 Å². The lowest BCUT2D eigenvalue weighted by atomic mass is 9.88. The summed E-state index contributed by atoms with van der Waals surface area (Å²) >= 11 is 6.55. The summed E-state index contributed by atoms with van der Waals surface area (Å²) in [5, 5.41) is -0.0835. The summed E-state index contributed by atoms with van der Waals surface area (Å²) < 4.78 is 5.99. The number of methoxy groups -OCH3 is 1. The van der Waals surface area contributed by atoms with Crippen LogP contribution >= 0.6 is 19.2 Å². The Bertz CT molecular complexity index is 911. The van der Waals surface area contributed by atoms with E-state index in [-0.39, 0.29) is 5.16 Å². The summed E-state index contributed by atoms with van der Waals surface area (Å²) in [6, 6.07) is 25.9. The monoisotopic (exact) mass is 424 g/mol. The topological polar surface area (TPSA) is 9.23 Å². The van der Waals surface area contributed by atoms with Crippen LogP contribution in [0.1, 0.15) is 54.5 Å². The molecule has 0 saturated heterocycles. The van der Waals surface area contributed by atoms with Crippen molar-refractivity contribution in [2.24, 2.45) is 0 Å². The molecule has 0 saturated carbocycles. The number of rotatable bonds is 9. The lowest BCUT2D eigenvalue weighted by molar-refractivity contribution is 0.397. The average Bonchev–Trinajstić information content (AvgIpc) is 2.75. The summed E-state index contributed by atoms with van der Waals surface area (Å²) in [5.41, 5.74) is 6.41. The maximum atomic E-state index is 6.55. The second-order valence-corrected chi connectivity index (χ2v) is 9.70. The van der Waals surface area contributed by atoms with Gasteiger partial charge in [0.25, 0.3) is 0 Å². The number of benzene rings is 3. The van der Waals surface area contributed by atoms with E-state index in [0.29, 0.717) is 7.93 Å². The van der Waals surface area contributed by atoms with Gasteiger partial charge in [-0.25, -0.2) is 0 Å². The fourth-order valence-electron chi connectivity index (χ4n) is 4.02. The normalized spacial score (nSPS) is 13.5. The van der Waals surface area contributed by atoms with Crippen LogP contribution in [0.4, 0.5) is 0 Å². The molecule has 2 unspecified atom stereocenters. The third-order valence-corrected chi connectivity index (χ3v) is 7.66. The molecule has 29 heavy (non-hydrogen) atoms. The van der Waals surface area contributed by atoms with Crippen molar-refractivity contribution in [3.8, 4) is 5.75 Å². The van der Waals surface area contributed by atoms with E-state index >= 15 is 0 Å². The van der Waals surface area contributed by atoms with Gasteiger partial charge in [-0.3, -0.25) is 0 Å². The van der Waals surface area contributed by atoms with E-state index < -0.39 is 0 Å². The van der Waals surface area contributed by atoms with Crippen molar-refractivity contribution in [3.63, 3.8) is 0 Å². The van der Waals surface area contributed by atoms with E-state index in [1.54, 1.807) is 7.11 Å². The minimum Gasteiger partial charge on any atom is -0.496 e. The van der Waals surface area contributed by atoms with Gasteiger partial charge in [0.15, 0.2) is 0 Å². The van der Waals surface area contributed by atoms with Gasteiger partial charge in [-0.15, -0.1) is 0 Å². The first-order valence-electron chi connectivity index (χ1n) is 10.3. The highest BCUT2D eigenvalue weighted by molar-refractivity contribution is 7.69. The Morgan fingerprint density at radius 1 is 0.862 bits per heavy atom. The van der Waals surface area contributed by atoms with Crippen LogP contribution in [0.25, 0.3) is 0 Å². The Hall–Kier alpha value is -1.82. The first-order valence-corrected chi connectivity index (χ1v) is 12.3. The van der Waals surface area contributed by atoms with Gasteiger partial charge in [0, 0.05) is 17.1 Å². The molecule has 3 heteroatoms. The maximum Gasteiger partial charge on any atom is 0.126 e. The van der Waals surface area contributed by atoms with Gasteiger partial charge in [-0.05, 0) is 43.0 Å². The second-order valence-electron chi connectivity index (χ2n) is 7.84. The zero-order valence-electron chi connectivity index (χ0n) is 17.5. The molecule has 0 aliphatic rings. The quantitative estimate of drug-likeness (QED) is 0.319. The molecule has 0 spiro atoms. The smallest absolute Gasteiger partial charge is 0.126 e. The molecule has 0 aliphatic heterocycles. The van der Waals surface area contributed by atoms with Crippen molar-refractivity contribution in [3.05, 3.63) is 101 Å². The van der Waals surface area contributed by atoms with Crippen molar-refractivity contribution >= 4 is 19.2 Å². The molecule has 3 aromatic carbocycles. The van der Waals surface area contributed by atoms with E-state index in [4.69, 9.17) is 16.0 Å².